The molecule has 0 radical (unpaired) electrons. The number of halogens is 1. The highest BCUT2D eigenvalue weighted by Crippen LogP contribution is 2.26. The molecule has 0 amide bonds. The molecule has 2 aromatic carbocycles. The normalized spacial score (nSPS) is 10.9. The van der Waals surface area contributed by atoms with Crippen LogP contribution < -0.4 is 5.76 Å². The maximum atomic E-state index is 12.8. The fourth-order valence-electron chi connectivity index (χ4n) is 1.83. The number of H-pyrrole nitrogens is 1. The fourth-order valence-corrected chi connectivity index (χ4v) is 1.83. The molecule has 4 heteroatoms. The largest absolute Gasteiger partial charge is 0.417 e. The number of hydrogen-bond acceptors (Lipinski definition) is 2. The summed E-state index contributed by atoms with van der Waals surface area (Å²) in [5.74, 6) is -0.786. The van der Waals surface area contributed by atoms with Gasteiger partial charge in [-0.15, -0.1) is 0 Å². The Morgan fingerprint density at radius 2 is 1.82 bits per heavy atom. The van der Waals surface area contributed by atoms with Crippen LogP contribution in [0.1, 0.15) is 0 Å². The van der Waals surface area contributed by atoms with E-state index < -0.39 is 5.76 Å². The first-order valence-corrected chi connectivity index (χ1v) is 5.12. The summed E-state index contributed by atoms with van der Waals surface area (Å²) < 4.78 is 17.9. The van der Waals surface area contributed by atoms with E-state index in [1.54, 1.807) is 18.2 Å². The van der Waals surface area contributed by atoms with Gasteiger partial charge in [-0.1, -0.05) is 24.3 Å². The lowest BCUT2D eigenvalue weighted by atomic mass is 10.0. The van der Waals surface area contributed by atoms with Crippen LogP contribution in [-0.4, -0.2) is 4.98 Å². The summed E-state index contributed by atoms with van der Waals surface area (Å²) in [6.45, 7) is 0. The highest BCUT2D eigenvalue weighted by Gasteiger charge is 2.08. The van der Waals surface area contributed by atoms with E-state index in [-0.39, 0.29) is 5.82 Å². The number of fused-ring (bicyclic) bond motifs is 1. The number of aromatic amines is 1. The summed E-state index contributed by atoms with van der Waals surface area (Å²) in [5.41, 5.74) is 2.70. The first-order chi connectivity index (χ1) is 8.24. The van der Waals surface area contributed by atoms with Gasteiger partial charge in [0.2, 0.25) is 0 Å². The summed E-state index contributed by atoms with van der Waals surface area (Å²) in [4.78, 5) is 13.7. The van der Waals surface area contributed by atoms with E-state index in [0.29, 0.717) is 11.1 Å². The van der Waals surface area contributed by atoms with Crippen LogP contribution >= 0.6 is 0 Å². The van der Waals surface area contributed by atoms with Gasteiger partial charge in [-0.2, -0.15) is 0 Å². The van der Waals surface area contributed by atoms with E-state index in [1.807, 2.05) is 12.1 Å². The van der Waals surface area contributed by atoms with Gasteiger partial charge in [0.05, 0.1) is 5.52 Å². The lowest BCUT2D eigenvalue weighted by molar-refractivity contribution is 0.556. The highest BCUT2D eigenvalue weighted by molar-refractivity contribution is 5.89. The standard InChI is InChI=1S/C13H8FNO2/c14-9-6-4-8(5-7-9)10-2-1-3-11-12(10)17-13(16)15-11/h1-7H,(H,15,16). The molecule has 0 unspecified atom stereocenters. The topological polar surface area (TPSA) is 46.0 Å². The van der Waals surface area contributed by atoms with Crippen LogP contribution in [0.2, 0.25) is 0 Å². The van der Waals surface area contributed by atoms with Crippen molar-refractivity contribution in [1.29, 1.82) is 0 Å². The van der Waals surface area contributed by atoms with Crippen molar-refractivity contribution in [2.75, 3.05) is 0 Å². The molecule has 0 saturated heterocycles. The first kappa shape index (κ1) is 9.84. The lowest BCUT2D eigenvalue weighted by Gasteiger charge is -2.01. The molecule has 0 aliphatic heterocycles. The zero-order valence-corrected chi connectivity index (χ0v) is 8.74. The average molecular weight is 229 g/mol. The Bertz CT molecular complexity index is 725. The molecule has 3 rings (SSSR count). The first-order valence-electron chi connectivity index (χ1n) is 5.12. The SMILES string of the molecule is O=c1[nH]c2cccc(-c3ccc(F)cc3)c2o1. The van der Waals surface area contributed by atoms with Crippen molar-refractivity contribution in [1.82, 2.24) is 4.98 Å². The molecule has 0 bridgehead atoms. The fraction of sp³-hybridized carbons (Fsp3) is 0. The monoisotopic (exact) mass is 229 g/mol. The van der Waals surface area contributed by atoms with E-state index in [9.17, 15) is 9.18 Å². The van der Waals surface area contributed by atoms with Gasteiger partial charge >= 0.3 is 5.76 Å². The Balaban J connectivity index is 2.29. The summed E-state index contributed by atoms with van der Waals surface area (Å²) in [6, 6.07) is 11.4. The van der Waals surface area contributed by atoms with Crippen molar-refractivity contribution in [2.24, 2.45) is 0 Å². The van der Waals surface area contributed by atoms with Crippen molar-refractivity contribution in [3.05, 3.63) is 58.8 Å². The van der Waals surface area contributed by atoms with Gasteiger partial charge in [0.25, 0.3) is 0 Å². The molecule has 1 aromatic heterocycles. The number of nitrogens with one attached hydrogen (secondary N) is 1. The molecule has 0 saturated carbocycles. The van der Waals surface area contributed by atoms with Gasteiger partial charge in [-0.05, 0) is 23.8 Å². The summed E-state index contributed by atoms with van der Waals surface area (Å²) in [5, 5.41) is 0. The van der Waals surface area contributed by atoms with Gasteiger partial charge in [0, 0.05) is 5.56 Å². The van der Waals surface area contributed by atoms with Crippen LogP contribution in [0.5, 0.6) is 0 Å². The minimum absolute atomic E-state index is 0.295. The van der Waals surface area contributed by atoms with Gasteiger partial charge in [0.1, 0.15) is 5.82 Å². The minimum Gasteiger partial charge on any atom is -0.407 e. The molecule has 1 heterocycles. The molecule has 17 heavy (non-hydrogen) atoms. The maximum Gasteiger partial charge on any atom is 0.417 e. The Labute approximate surface area is 95.5 Å². The Hall–Kier alpha value is -2.36. The second-order valence-electron chi connectivity index (χ2n) is 3.70. The van der Waals surface area contributed by atoms with E-state index in [0.717, 1.165) is 11.1 Å². The average Bonchev–Trinajstić information content (AvgIpc) is 2.70. The van der Waals surface area contributed by atoms with E-state index in [4.69, 9.17) is 4.42 Å². The van der Waals surface area contributed by atoms with Gasteiger partial charge in [-0.3, -0.25) is 4.98 Å². The highest BCUT2D eigenvalue weighted by atomic mass is 19.1. The number of para-hydroxylation sites is 1. The molecule has 0 spiro atoms. The minimum atomic E-state index is -0.491. The van der Waals surface area contributed by atoms with Crippen molar-refractivity contribution >= 4 is 11.1 Å². The molecule has 0 aliphatic rings. The van der Waals surface area contributed by atoms with E-state index in [1.165, 1.54) is 12.1 Å². The van der Waals surface area contributed by atoms with Gasteiger partial charge < -0.3 is 4.42 Å². The van der Waals surface area contributed by atoms with E-state index in [2.05, 4.69) is 4.98 Å². The summed E-state index contributed by atoms with van der Waals surface area (Å²) >= 11 is 0. The molecule has 0 atom stereocenters. The molecule has 3 nitrogen and oxygen atoms in total. The summed E-state index contributed by atoms with van der Waals surface area (Å²) in [6.07, 6.45) is 0. The predicted molar refractivity (Wildman–Crippen MR) is 62.2 cm³/mol. The molecule has 84 valence electrons. The lowest BCUT2D eigenvalue weighted by Crippen LogP contribution is -1.92. The Morgan fingerprint density at radius 3 is 2.59 bits per heavy atom. The van der Waals surface area contributed by atoms with Crippen molar-refractivity contribution in [2.45, 2.75) is 0 Å². The van der Waals surface area contributed by atoms with Crippen LogP contribution in [0, 0.1) is 5.82 Å². The second-order valence-corrected chi connectivity index (χ2v) is 3.70. The molecule has 1 N–H and O–H groups in total. The van der Waals surface area contributed by atoms with Crippen LogP contribution in [0.25, 0.3) is 22.2 Å². The van der Waals surface area contributed by atoms with Crippen LogP contribution in [0.15, 0.2) is 51.7 Å². The zero-order chi connectivity index (χ0) is 11.8. The van der Waals surface area contributed by atoms with Crippen LogP contribution in [0.4, 0.5) is 4.39 Å². The maximum absolute atomic E-state index is 12.8. The van der Waals surface area contributed by atoms with Crippen molar-refractivity contribution < 1.29 is 8.81 Å². The van der Waals surface area contributed by atoms with E-state index >= 15 is 0 Å². The van der Waals surface area contributed by atoms with Crippen molar-refractivity contribution in [3.63, 3.8) is 0 Å². The Morgan fingerprint density at radius 1 is 1.06 bits per heavy atom. The second kappa shape index (κ2) is 3.59. The number of benzene rings is 2. The number of aromatic nitrogens is 1. The third-order valence-electron chi connectivity index (χ3n) is 2.60. The van der Waals surface area contributed by atoms with Gasteiger partial charge in [-0.25, -0.2) is 9.18 Å². The Kier molecular flexibility index (Phi) is 2.08. The molecule has 3 aromatic rings. The third-order valence-corrected chi connectivity index (χ3v) is 2.60. The number of hydrogen-bond donors (Lipinski definition) is 1. The number of oxazole rings is 1. The third kappa shape index (κ3) is 1.63. The quantitative estimate of drug-likeness (QED) is 0.697. The molecule has 0 fully saturated rings. The van der Waals surface area contributed by atoms with Crippen molar-refractivity contribution in [3.8, 4) is 11.1 Å². The predicted octanol–water partition coefficient (Wildman–Crippen LogP) is 2.93. The summed E-state index contributed by atoms with van der Waals surface area (Å²) in [7, 11) is 0. The molecular formula is C13H8FNO2. The smallest absolute Gasteiger partial charge is 0.407 e. The van der Waals surface area contributed by atoms with Crippen LogP contribution in [-0.2, 0) is 0 Å². The van der Waals surface area contributed by atoms with Crippen LogP contribution in [0.3, 0.4) is 0 Å². The molecule has 0 aliphatic carbocycles. The number of rotatable bonds is 1. The van der Waals surface area contributed by atoms with Gasteiger partial charge in [0.15, 0.2) is 5.58 Å². The zero-order valence-electron chi connectivity index (χ0n) is 8.74. The molecular weight excluding hydrogens is 221 g/mol.